The van der Waals surface area contributed by atoms with E-state index in [1.54, 1.807) is 4.90 Å². The van der Waals surface area contributed by atoms with Crippen LogP contribution in [0.2, 0.25) is 0 Å². The van der Waals surface area contributed by atoms with E-state index in [1.807, 2.05) is 30.3 Å². The molecule has 2 amide bonds. The van der Waals surface area contributed by atoms with Gasteiger partial charge in [-0.05, 0) is 30.7 Å². The maximum Gasteiger partial charge on any atom is 0.228 e. The van der Waals surface area contributed by atoms with Crippen LogP contribution in [0.25, 0.3) is 0 Å². The lowest BCUT2D eigenvalue weighted by molar-refractivity contribution is -0.136. The molecule has 0 aromatic heterocycles. The number of carbonyl (C=O) groups is 2. The van der Waals surface area contributed by atoms with Crippen molar-refractivity contribution in [3.8, 4) is 0 Å². The first kappa shape index (κ1) is 19.9. The van der Waals surface area contributed by atoms with Crippen LogP contribution in [0, 0.1) is 17.6 Å². The maximum absolute atomic E-state index is 14.1. The van der Waals surface area contributed by atoms with Crippen molar-refractivity contribution in [2.75, 3.05) is 24.5 Å². The summed E-state index contributed by atoms with van der Waals surface area (Å²) in [7, 11) is 0. The first-order valence-corrected chi connectivity index (χ1v) is 9.27. The molecule has 0 spiro atoms. The standard InChI is InChI=1S/C21H23F2N3O2/c22-17-7-8-19(18(23)12-17)26-14-16(11-20(26)27)21(28)25(10-4-9-24)13-15-5-2-1-3-6-15/h1-3,5-8,12,16H,4,9-11,13-14,24H2. The monoisotopic (exact) mass is 387 g/mol. The third kappa shape index (κ3) is 4.54. The van der Waals surface area contributed by atoms with Crippen molar-refractivity contribution in [1.82, 2.24) is 4.90 Å². The normalized spacial score (nSPS) is 16.5. The van der Waals surface area contributed by atoms with Crippen LogP contribution in [0.5, 0.6) is 0 Å². The van der Waals surface area contributed by atoms with Gasteiger partial charge in [-0.25, -0.2) is 8.78 Å². The summed E-state index contributed by atoms with van der Waals surface area (Å²) in [4.78, 5) is 28.4. The number of nitrogens with zero attached hydrogens (tertiary/aromatic N) is 2. The first-order chi connectivity index (χ1) is 13.5. The summed E-state index contributed by atoms with van der Waals surface area (Å²) >= 11 is 0. The van der Waals surface area contributed by atoms with Gasteiger partial charge in [-0.2, -0.15) is 0 Å². The van der Waals surface area contributed by atoms with Gasteiger partial charge in [0.25, 0.3) is 0 Å². The average molecular weight is 387 g/mol. The maximum atomic E-state index is 14.1. The van der Waals surface area contributed by atoms with E-state index in [0.717, 1.165) is 17.7 Å². The van der Waals surface area contributed by atoms with Crippen molar-refractivity contribution in [2.45, 2.75) is 19.4 Å². The molecular weight excluding hydrogens is 364 g/mol. The minimum Gasteiger partial charge on any atom is -0.338 e. The zero-order valence-electron chi connectivity index (χ0n) is 15.5. The molecule has 28 heavy (non-hydrogen) atoms. The van der Waals surface area contributed by atoms with Crippen molar-refractivity contribution in [3.05, 3.63) is 65.7 Å². The molecule has 1 unspecified atom stereocenters. The summed E-state index contributed by atoms with van der Waals surface area (Å²) in [6.07, 6.45) is 0.652. The predicted octanol–water partition coefficient (Wildman–Crippen LogP) is 2.70. The lowest BCUT2D eigenvalue weighted by Crippen LogP contribution is -2.38. The molecule has 1 aliphatic rings. The number of anilines is 1. The lowest BCUT2D eigenvalue weighted by atomic mass is 10.1. The number of halogens is 2. The molecule has 3 rings (SSSR count). The third-order valence-electron chi connectivity index (χ3n) is 4.83. The number of rotatable bonds is 7. The van der Waals surface area contributed by atoms with Gasteiger partial charge in [0.2, 0.25) is 11.8 Å². The minimum absolute atomic E-state index is 0.00160. The van der Waals surface area contributed by atoms with Crippen LogP contribution in [-0.2, 0) is 16.1 Å². The van der Waals surface area contributed by atoms with E-state index in [-0.39, 0.29) is 30.5 Å². The van der Waals surface area contributed by atoms with Gasteiger partial charge in [0.05, 0.1) is 11.6 Å². The van der Waals surface area contributed by atoms with Gasteiger partial charge in [-0.3, -0.25) is 9.59 Å². The molecule has 2 aromatic rings. The van der Waals surface area contributed by atoms with Crippen molar-refractivity contribution >= 4 is 17.5 Å². The Bertz CT molecular complexity index is 845. The molecule has 0 saturated carbocycles. The van der Waals surface area contributed by atoms with Crippen LogP contribution in [0.3, 0.4) is 0 Å². The molecule has 0 aliphatic carbocycles. The average Bonchev–Trinajstić information content (AvgIpc) is 3.07. The zero-order valence-corrected chi connectivity index (χ0v) is 15.5. The summed E-state index contributed by atoms with van der Waals surface area (Å²) in [5, 5.41) is 0. The fraction of sp³-hybridized carbons (Fsp3) is 0.333. The van der Waals surface area contributed by atoms with Gasteiger partial charge < -0.3 is 15.5 Å². The van der Waals surface area contributed by atoms with Crippen LogP contribution in [-0.4, -0.2) is 36.3 Å². The number of benzene rings is 2. The van der Waals surface area contributed by atoms with Crippen LogP contribution in [0.1, 0.15) is 18.4 Å². The quantitative estimate of drug-likeness (QED) is 0.794. The third-order valence-corrected chi connectivity index (χ3v) is 4.83. The highest BCUT2D eigenvalue weighted by Gasteiger charge is 2.38. The van der Waals surface area contributed by atoms with Crippen LogP contribution >= 0.6 is 0 Å². The Balaban J connectivity index is 1.75. The highest BCUT2D eigenvalue weighted by molar-refractivity contribution is 6.00. The Kier molecular flexibility index (Phi) is 6.36. The summed E-state index contributed by atoms with van der Waals surface area (Å²) in [5.74, 6) is -2.60. The predicted molar refractivity (Wildman–Crippen MR) is 102 cm³/mol. The molecule has 1 aliphatic heterocycles. The van der Waals surface area contributed by atoms with E-state index in [4.69, 9.17) is 5.73 Å². The van der Waals surface area contributed by atoms with E-state index < -0.39 is 17.6 Å². The highest BCUT2D eigenvalue weighted by atomic mass is 19.1. The molecule has 2 aromatic carbocycles. The summed E-state index contributed by atoms with van der Waals surface area (Å²) in [6.45, 7) is 1.44. The summed E-state index contributed by atoms with van der Waals surface area (Å²) < 4.78 is 27.2. The number of amides is 2. The molecule has 5 nitrogen and oxygen atoms in total. The smallest absolute Gasteiger partial charge is 0.228 e. The van der Waals surface area contributed by atoms with Crippen molar-refractivity contribution in [3.63, 3.8) is 0 Å². The number of hydrogen-bond donors (Lipinski definition) is 1. The van der Waals surface area contributed by atoms with E-state index in [0.29, 0.717) is 26.1 Å². The van der Waals surface area contributed by atoms with E-state index in [2.05, 4.69) is 0 Å². The van der Waals surface area contributed by atoms with Gasteiger partial charge in [0, 0.05) is 32.1 Å². The highest BCUT2D eigenvalue weighted by Crippen LogP contribution is 2.29. The largest absolute Gasteiger partial charge is 0.338 e. The number of hydrogen-bond acceptors (Lipinski definition) is 3. The lowest BCUT2D eigenvalue weighted by Gasteiger charge is -2.26. The Morgan fingerprint density at radius 3 is 2.61 bits per heavy atom. The number of nitrogens with two attached hydrogens (primary N) is 1. The molecule has 2 N–H and O–H groups in total. The Hall–Kier alpha value is -2.80. The topological polar surface area (TPSA) is 66.6 Å². The summed E-state index contributed by atoms with van der Waals surface area (Å²) in [6, 6.07) is 12.6. The van der Waals surface area contributed by atoms with Gasteiger partial charge >= 0.3 is 0 Å². The Morgan fingerprint density at radius 2 is 1.93 bits per heavy atom. The van der Waals surface area contributed by atoms with E-state index >= 15 is 0 Å². The molecule has 7 heteroatoms. The molecule has 1 heterocycles. The van der Waals surface area contributed by atoms with Gasteiger partial charge in [0.15, 0.2) is 0 Å². The summed E-state index contributed by atoms with van der Waals surface area (Å²) in [5.41, 5.74) is 6.58. The zero-order chi connectivity index (χ0) is 20.1. The second-order valence-corrected chi connectivity index (χ2v) is 6.89. The van der Waals surface area contributed by atoms with Crippen LogP contribution in [0.4, 0.5) is 14.5 Å². The van der Waals surface area contributed by atoms with Gasteiger partial charge in [-0.15, -0.1) is 0 Å². The second-order valence-electron chi connectivity index (χ2n) is 6.89. The molecule has 0 bridgehead atoms. The van der Waals surface area contributed by atoms with E-state index in [1.165, 1.54) is 11.0 Å². The first-order valence-electron chi connectivity index (χ1n) is 9.27. The molecule has 0 radical (unpaired) electrons. The SMILES string of the molecule is NCCCN(Cc1ccccc1)C(=O)C1CC(=O)N(c2ccc(F)cc2F)C1. The van der Waals surface area contributed by atoms with Gasteiger partial charge in [0.1, 0.15) is 11.6 Å². The van der Waals surface area contributed by atoms with Crippen LogP contribution < -0.4 is 10.6 Å². The van der Waals surface area contributed by atoms with Crippen molar-refractivity contribution < 1.29 is 18.4 Å². The Labute approximate surface area is 162 Å². The van der Waals surface area contributed by atoms with Crippen LogP contribution in [0.15, 0.2) is 48.5 Å². The van der Waals surface area contributed by atoms with E-state index in [9.17, 15) is 18.4 Å². The molecule has 1 saturated heterocycles. The van der Waals surface area contributed by atoms with Gasteiger partial charge in [-0.1, -0.05) is 30.3 Å². The fourth-order valence-corrected chi connectivity index (χ4v) is 3.42. The van der Waals surface area contributed by atoms with Crippen molar-refractivity contribution in [1.29, 1.82) is 0 Å². The number of carbonyl (C=O) groups excluding carboxylic acids is 2. The molecule has 1 fully saturated rings. The minimum atomic E-state index is -0.814. The molecule has 148 valence electrons. The fourth-order valence-electron chi connectivity index (χ4n) is 3.42. The second kappa shape index (κ2) is 8.93. The molecule has 1 atom stereocenters. The Morgan fingerprint density at radius 1 is 1.18 bits per heavy atom. The van der Waals surface area contributed by atoms with Crippen molar-refractivity contribution in [2.24, 2.45) is 11.7 Å². The molecular formula is C21H23F2N3O2.